The van der Waals surface area contributed by atoms with Crippen LogP contribution in [0.2, 0.25) is 0 Å². The molecule has 0 saturated heterocycles. The molecule has 19 heavy (non-hydrogen) atoms. The number of nitrogens with two attached hydrogens (primary N) is 1. The Morgan fingerprint density at radius 3 is 2.68 bits per heavy atom. The molecule has 6 nitrogen and oxygen atoms in total. The van der Waals surface area contributed by atoms with Gasteiger partial charge in [0.1, 0.15) is 6.04 Å². The minimum absolute atomic E-state index is 0.0628. The molecule has 1 atom stereocenters. The van der Waals surface area contributed by atoms with Gasteiger partial charge in [-0.15, -0.1) is 0 Å². The van der Waals surface area contributed by atoms with E-state index in [1.807, 2.05) is 13.8 Å². The monoisotopic (exact) mass is 265 g/mol. The van der Waals surface area contributed by atoms with Gasteiger partial charge in [-0.25, -0.2) is 4.79 Å². The van der Waals surface area contributed by atoms with E-state index in [-0.39, 0.29) is 18.4 Å². The minimum Gasteiger partial charge on any atom is -0.467 e. The van der Waals surface area contributed by atoms with E-state index in [2.05, 4.69) is 15.0 Å². The van der Waals surface area contributed by atoms with E-state index in [1.165, 1.54) is 13.3 Å². The zero-order valence-corrected chi connectivity index (χ0v) is 11.3. The van der Waals surface area contributed by atoms with E-state index in [0.29, 0.717) is 11.3 Å². The Kier molecular flexibility index (Phi) is 5.44. The smallest absolute Gasteiger partial charge is 0.328 e. The van der Waals surface area contributed by atoms with Gasteiger partial charge in [0.05, 0.1) is 12.8 Å². The maximum absolute atomic E-state index is 12.1. The van der Waals surface area contributed by atoms with Crippen LogP contribution in [0.4, 0.5) is 0 Å². The van der Waals surface area contributed by atoms with Gasteiger partial charge in [-0.1, -0.05) is 13.8 Å². The van der Waals surface area contributed by atoms with Crippen molar-refractivity contribution in [3.8, 4) is 0 Å². The van der Waals surface area contributed by atoms with Gasteiger partial charge < -0.3 is 15.8 Å². The van der Waals surface area contributed by atoms with Crippen LogP contribution in [0.1, 0.15) is 29.9 Å². The molecule has 0 aromatic carbocycles. The van der Waals surface area contributed by atoms with Crippen LogP contribution in [0, 0.1) is 5.92 Å². The van der Waals surface area contributed by atoms with Crippen LogP contribution in [-0.2, 0) is 16.1 Å². The SMILES string of the molecule is COC(=O)[C@@H](NC(=O)c1ccnc(CN)c1)C(C)C. The summed E-state index contributed by atoms with van der Waals surface area (Å²) in [4.78, 5) is 27.6. The highest BCUT2D eigenvalue weighted by atomic mass is 16.5. The summed E-state index contributed by atoms with van der Waals surface area (Å²) in [5, 5.41) is 2.65. The standard InChI is InChI=1S/C13H19N3O3/c1-8(2)11(13(18)19-3)16-12(17)9-4-5-15-10(6-9)7-14/h4-6,8,11H,7,14H2,1-3H3,(H,16,17)/t11-/m0/s1. The third-order valence-corrected chi connectivity index (χ3v) is 2.70. The zero-order valence-electron chi connectivity index (χ0n) is 11.3. The number of amides is 1. The van der Waals surface area contributed by atoms with Gasteiger partial charge in [0, 0.05) is 18.3 Å². The molecular formula is C13H19N3O3. The molecule has 3 N–H and O–H groups in total. The van der Waals surface area contributed by atoms with Crippen molar-refractivity contribution in [1.29, 1.82) is 0 Å². The Bertz CT molecular complexity index is 460. The molecule has 0 bridgehead atoms. The number of hydrogen-bond acceptors (Lipinski definition) is 5. The first-order valence-corrected chi connectivity index (χ1v) is 6.03. The number of carbonyl (C=O) groups excluding carboxylic acids is 2. The molecule has 104 valence electrons. The lowest BCUT2D eigenvalue weighted by Crippen LogP contribution is -2.45. The van der Waals surface area contributed by atoms with Crippen LogP contribution in [0.3, 0.4) is 0 Å². The van der Waals surface area contributed by atoms with Crippen molar-refractivity contribution in [3.63, 3.8) is 0 Å². The maximum Gasteiger partial charge on any atom is 0.328 e. The number of nitrogens with zero attached hydrogens (tertiary/aromatic N) is 1. The zero-order chi connectivity index (χ0) is 14.4. The highest BCUT2D eigenvalue weighted by Crippen LogP contribution is 2.07. The normalized spacial score (nSPS) is 12.1. The number of carbonyl (C=O) groups is 2. The maximum atomic E-state index is 12.1. The summed E-state index contributed by atoms with van der Waals surface area (Å²) in [6.07, 6.45) is 1.51. The first-order valence-electron chi connectivity index (χ1n) is 6.03. The summed E-state index contributed by atoms with van der Waals surface area (Å²) in [6.45, 7) is 3.92. The van der Waals surface area contributed by atoms with Crippen molar-refractivity contribution in [1.82, 2.24) is 10.3 Å². The Morgan fingerprint density at radius 2 is 2.16 bits per heavy atom. The molecule has 0 radical (unpaired) electrons. The average molecular weight is 265 g/mol. The fourth-order valence-electron chi connectivity index (χ4n) is 1.58. The summed E-state index contributed by atoms with van der Waals surface area (Å²) >= 11 is 0. The van der Waals surface area contributed by atoms with Crippen molar-refractivity contribution in [2.24, 2.45) is 11.7 Å². The minimum atomic E-state index is -0.674. The highest BCUT2D eigenvalue weighted by molar-refractivity contribution is 5.96. The van der Waals surface area contributed by atoms with Crippen LogP contribution in [0.25, 0.3) is 0 Å². The number of pyridine rings is 1. The predicted octanol–water partition coefficient (Wildman–Crippen LogP) is 0.468. The van der Waals surface area contributed by atoms with Crippen LogP contribution < -0.4 is 11.1 Å². The second-order valence-electron chi connectivity index (χ2n) is 4.46. The fourth-order valence-corrected chi connectivity index (χ4v) is 1.58. The first kappa shape index (κ1) is 15.1. The first-order chi connectivity index (χ1) is 8.99. The molecule has 1 heterocycles. The Labute approximate surface area is 112 Å². The molecule has 0 unspecified atom stereocenters. The second kappa shape index (κ2) is 6.84. The molecule has 0 aliphatic carbocycles. The number of hydrogen-bond donors (Lipinski definition) is 2. The van der Waals surface area contributed by atoms with E-state index >= 15 is 0 Å². The highest BCUT2D eigenvalue weighted by Gasteiger charge is 2.25. The summed E-state index contributed by atoms with van der Waals surface area (Å²) in [6, 6.07) is 2.50. The summed E-state index contributed by atoms with van der Waals surface area (Å²) in [5.41, 5.74) is 6.51. The van der Waals surface area contributed by atoms with Crippen LogP contribution >= 0.6 is 0 Å². The largest absolute Gasteiger partial charge is 0.467 e. The number of aromatic nitrogens is 1. The van der Waals surface area contributed by atoms with Crippen molar-refractivity contribution in [2.45, 2.75) is 26.4 Å². The third-order valence-electron chi connectivity index (χ3n) is 2.70. The quantitative estimate of drug-likeness (QED) is 0.755. The van der Waals surface area contributed by atoms with Crippen molar-refractivity contribution >= 4 is 11.9 Å². The Balaban J connectivity index is 2.84. The van der Waals surface area contributed by atoms with E-state index in [9.17, 15) is 9.59 Å². The van der Waals surface area contributed by atoms with E-state index in [0.717, 1.165) is 0 Å². The molecule has 1 rings (SSSR count). The predicted molar refractivity (Wildman–Crippen MR) is 70.2 cm³/mol. The molecule has 1 amide bonds. The van der Waals surface area contributed by atoms with Gasteiger partial charge in [0.2, 0.25) is 0 Å². The second-order valence-corrected chi connectivity index (χ2v) is 4.46. The lowest BCUT2D eigenvalue weighted by atomic mass is 10.0. The van der Waals surface area contributed by atoms with Crippen molar-refractivity contribution < 1.29 is 14.3 Å². The number of nitrogens with one attached hydrogen (secondary N) is 1. The van der Waals surface area contributed by atoms with E-state index in [1.54, 1.807) is 12.1 Å². The summed E-state index contributed by atoms with van der Waals surface area (Å²) < 4.78 is 4.67. The molecule has 0 aliphatic rings. The van der Waals surface area contributed by atoms with Gasteiger partial charge in [0.15, 0.2) is 0 Å². The van der Waals surface area contributed by atoms with Gasteiger partial charge in [-0.2, -0.15) is 0 Å². The molecule has 6 heteroatoms. The molecule has 0 aliphatic heterocycles. The van der Waals surface area contributed by atoms with Gasteiger partial charge in [-0.3, -0.25) is 9.78 Å². The third kappa shape index (κ3) is 4.03. The number of esters is 1. The summed E-state index contributed by atoms with van der Waals surface area (Å²) in [7, 11) is 1.29. The molecule has 1 aromatic rings. The van der Waals surface area contributed by atoms with E-state index < -0.39 is 12.0 Å². The van der Waals surface area contributed by atoms with Crippen LogP contribution in [-0.4, -0.2) is 30.0 Å². The van der Waals surface area contributed by atoms with Gasteiger partial charge >= 0.3 is 5.97 Å². The summed E-state index contributed by atoms with van der Waals surface area (Å²) in [5.74, 6) is -0.870. The van der Waals surface area contributed by atoms with E-state index in [4.69, 9.17) is 5.73 Å². The number of ether oxygens (including phenoxy) is 1. The average Bonchev–Trinajstić information content (AvgIpc) is 2.43. The van der Waals surface area contributed by atoms with Crippen LogP contribution in [0.5, 0.6) is 0 Å². The van der Waals surface area contributed by atoms with Crippen LogP contribution in [0.15, 0.2) is 18.3 Å². The van der Waals surface area contributed by atoms with Crippen molar-refractivity contribution in [2.75, 3.05) is 7.11 Å². The molecule has 1 aromatic heterocycles. The number of rotatable bonds is 5. The van der Waals surface area contributed by atoms with Crippen molar-refractivity contribution in [3.05, 3.63) is 29.6 Å². The number of methoxy groups -OCH3 is 1. The van der Waals surface area contributed by atoms with Gasteiger partial charge in [0.25, 0.3) is 5.91 Å². The topological polar surface area (TPSA) is 94.3 Å². The Hall–Kier alpha value is -1.95. The molecule has 0 fully saturated rings. The lowest BCUT2D eigenvalue weighted by Gasteiger charge is -2.19. The molecule has 0 saturated carbocycles. The molecular weight excluding hydrogens is 246 g/mol. The Morgan fingerprint density at radius 1 is 1.47 bits per heavy atom. The van der Waals surface area contributed by atoms with Gasteiger partial charge in [-0.05, 0) is 18.1 Å². The molecule has 0 spiro atoms. The fraction of sp³-hybridized carbons (Fsp3) is 0.462. The lowest BCUT2D eigenvalue weighted by molar-refractivity contribution is -0.144.